The van der Waals surface area contributed by atoms with E-state index in [0.717, 1.165) is 4.47 Å². The fourth-order valence-electron chi connectivity index (χ4n) is 4.87. The lowest BCUT2D eigenvalue weighted by Crippen LogP contribution is -2.40. The summed E-state index contributed by atoms with van der Waals surface area (Å²) in [5.41, 5.74) is 1.00. The van der Waals surface area contributed by atoms with Crippen LogP contribution in [0, 0.1) is 12.8 Å². The number of aromatic nitrogens is 3. The second-order valence-corrected chi connectivity index (χ2v) is 13.1. The van der Waals surface area contributed by atoms with Crippen LogP contribution in [-0.2, 0) is 32.4 Å². The fraction of sp³-hybridized carbons (Fsp3) is 0.346. The van der Waals surface area contributed by atoms with E-state index in [9.17, 15) is 13.2 Å². The molecule has 0 radical (unpaired) electrons. The lowest BCUT2D eigenvalue weighted by molar-refractivity contribution is 0.0538. The van der Waals surface area contributed by atoms with Gasteiger partial charge < -0.3 is 9.15 Å². The molecule has 0 saturated carbocycles. The van der Waals surface area contributed by atoms with E-state index in [1.165, 1.54) is 35.8 Å². The summed E-state index contributed by atoms with van der Waals surface area (Å²) >= 11 is 3.46. The molecule has 5 rings (SSSR count). The number of nitrogens with zero attached hydrogens (tertiary/aromatic N) is 3. The van der Waals surface area contributed by atoms with Crippen LogP contribution in [-0.4, -0.2) is 34.9 Å². The summed E-state index contributed by atoms with van der Waals surface area (Å²) in [7, 11) is -4.64. The average Bonchev–Trinajstić information content (AvgIpc) is 3.52. The molecule has 0 amide bonds. The molecule has 2 heterocycles. The first-order valence-electron chi connectivity index (χ1n) is 11.7. The molecule has 194 valence electrons. The number of benzene rings is 2. The van der Waals surface area contributed by atoms with E-state index in [4.69, 9.17) is 9.15 Å². The van der Waals surface area contributed by atoms with Gasteiger partial charge >= 0.3 is 6.09 Å². The molecule has 0 saturated heterocycles. The van der Waals surface area contributed by atoms with Gasteiger partial charge in [-0.15, -0.1) is 10.2 Å². The first-order chi connectivity index (χ1) is 17.3. The molecular formula is C26H25BrFN3O5S. The van der Waals surface area contributed by atoms with Gasteiger partial charge in [-0.25, -0.2) is 22.2 Å². The Labute approximate surface area is 221 Å². The van der Waals surface area contributed by atoms with E-state index >= 15 is 4.39 Å². The van der Waals surface area contributed by atoms with Crippen LogP contribution in [0.1, 0.15) is 43.8 Å². The van der Waals surface area contributed by atoms with Crippen LogP contribution in [0.15, 0.2) is 62.3 Å². The number of carbonyl (C=O) groups excluding carboxylic acids is 1. The Balaban J connectivity index is 1.69. The highest BCUT2D eigenvalue weighted by molar-refractivity contribution is 9.10. The van der Waals surface area contributed by atoms with Crippen LogP contribution in [0.2, 0.25) is 0 Å². The topological polar surface area (TPSA) is 104 Å². The molecule has 4 aromatic rings. The summed E-state index contributed by atoms with van der Waals surface area (Å²) in [5.74, 6) is -1.72. The number of alkyl halides is 1. The Morgan fingerprint density at radius 2 is 1.84 bits per heavy atom. The van der Waals surface area contributed by atoms with Crippen LogP contribution in [0.25, 0.3) is 10.9 Å². The van der Waals surface area contributed by atoms with Gasteiger partial charge in [0.05, 0.1) is 10.4 Å². The number of carbonyl (C=O) groups is 1. The quantitative estimate of drug-likeness (QED) is 0.292. The van der Waals surface area contributed by atoms with Crippen LogP contribution >= 0.6 is 15.9 Å². The van der Waals surface area contributed by atoms with Gasteiger partial charge in [0.25, 0.3) is 10.9 Å². The number of hydrogen-bond donors (Lipinski definition) is 0. The number of ether oxygens (including phenoxy) is 1. The van der Waals surface area contributed by atoms with Crippen molar-refractivity contribution in [2.75, 3.05) is 0 Å². The third-order valence-corrected chi connectivity index (χ3v) is 9.07. The smallest absolute Gasteiger partial charge is 0.419 e. The predicted molar refractivity (Wildman–Crippen MR) is 138 cm³/mol. The standard InChI is InChI=1S/C26H25BrFN3O5S/c1-15-29-30-23(35-15)26(28,37(33,34)18-8-6-5-7-9-18)16-12-19-20-14-17(27)10-11-21(20)31(22(19)13-16)24(32)36-25(2,3)4/h5-11,14,16H,12-13H2,1-4H3. The van der Waals surface area contributed by atoms with E-state index in [1.807, 2.05) is 6.07 Å². The van der Waals surface area contributed by atoms with Crippen molar-refractivity contribution in [2.24, 2.45) is 5.92 Å². The lowest BCUT2D eigenvalue weighted by Gasteiger charge is -2.28. The van der Waals surface area contributed by atoms with Crippen LogP contribution in [0.4, 0.5) is 9.18 Å². The zero-order chi connectivity index (χ0) is 26.8. The highest BCUT2D eigenvalue weighted by Gasteiger charge is 2.59. The maximum Gasteiger partial charge on any atom is 0.419 e. The number of hydrogen-bond acceptors (Lipinski definition) is 7. The van der Waals surface area contributed by atoms with E-state index in [-0.39, 0.29) is 23.6 Å². The Morgan fingerprint density at radius 3 is 2.46 bits per heavy atom. The summed E-state index contributed by atoms with van der Waals surface area (Å²) in [6, 6.07) is 12.8. The molecule has 2 unspecified atom stereocenters. The highest BCUT2D eigenvalue weighted by atomic mass is 79.9. The fourth-order valence-corrected chi connectivity index (χ4v) is 7.01. The molecule has 2 aromatic heterocycles. The van der Waals surface area contributed by atoms with Crippen LogP contribution in [0.3, 0.4) is 0 Å². The number of rotatable bonds is 4. The molecule has 8 nitrogen and oxygen atoms in total. The van der Waals surface area contributed by atoms with Crippen molar-refractivity contribution in [3.8, 4) is 0 Å². The van der Waals surface area contributed by atoms with Gasteiger partial charge in [-0.1, -0.05) is 34.1 Å². The summed E-state index contributed by atoms with van der Waals surface area (Å²) in [6.45, 7) is 6.74. The first kappa shape index (κ1) is 25.6. The zero-order valence-electron chi connectivity index (χ0n) is 20.7. The molecule has 2 aromatic carbocycles. The molecule has 1 aliphatic carbocycles. The van der Waals surface area contributed by atoms with E-state index < -0.39 is 38.3 Å². The third kappa shape index (κ3) is 4.17. The minimum atomic E-state index is -4.64. The Kier molecular flexibility index (Phi) is 6.06. The molecule has 1 aliphatic rings. The predicted octanol–water partition coefficient (Wildman–Crippen LogP) is 5.89. The molecule has 2 atom stereocenters. The second-order valence-electron chi connectivity index (χ2n) is 10.1. The molecule has 11 heteroatoms. The van der Waals surface area contributed by atoms with Crippen molar-refractivity contribution < 1.29 is 26.8 Å². The second kappa shape index (κ2) is 8.76. The van der Waals surface area contributed by atoms with Gasteiger partial charge in [0.1, 0.15) is 5.60 Å². The molecule has 0 N–H and O–H groups in total. The number of aryl methyl sites for hydroxylation is 1. The summed E-state index contributed by atoms with van der Waals surface area (Å²) in [6.07, 6.45) is -0.654. The molecule has 37 heavy (non-hydrogen) atoms. The van der Waals surface area contributed by atoms with E-state index in [1.54, 1.807) is 39.0 Å². The average molecular weight is 590 g/mol. The van der Waals surface area contributed by atoms with Crippen LogP contribution in [0.5, 0.6) is 0 Å². The Hall–Kier alpha value is -3.05. The maximum atomic E-state index is 17.3. The monoisotopic (exact) mass is 589 g/mol. The number of halogens is 2. The molecule has 0 bridgehead atoms. The largest absolute Gasteiger partial charge is 0.443 e. The van der Waals surface area contributed by atoms with E-state index in [2.05, 4.69) is 26.1 Å². The minimum Gasteiger partial charge on any atom is -0.443 e. The first-order valence-corrected chi connectivity index (χ1v) is 13.9. The highest BCUT2D eigenvalue weighted by Crippen LogP contribution is 2.50. The van der Waals surface area contributed by atoms with Crippen molar-refractivity contribution in [2.45, 2.75) is 56.0 Å². The number of sulfone groups is 1. The van der Waals surface area contributed by atoms with Gasteiger partial charge in [-0.05, 0) is 69.5 Å². The number of fused-ring (bicyclic) bond motifs is 3. The summed E-state index contributed by atoms with van der Waals surface area (Å²) < 4.78 is 58.2. The van der Waals surface area contributed by atoms with Gasteiger partial charge in [-0.2, -0.15) is 0 Å². The van der Waals surface area contributed by atoms with Gasteiger partial charge in [0.2, 0.25) is 15.7 Å². The van der Waals surface area contributed by atoms with Gasteiger partial charge in [0, 0.05) is 28.4 Å². The summed E-state index contributed by atoms with van der Waals surface area (Å²) in [5, 5.41) is 5.19. The van der Waals surface area contributed by atoms with Crippen LogP contribution < -0.4 is 0 Å². The van der Waals surface area contributed by atoms with Gasteiger partial charge in [0.15, 0.2) is 0 Å². The summed E-state index contributed by atoms with van der Waals surface area (Å²) in [4.78, 5) is 13.1. The maximum absolute atomic E-state index is 17.3. The molecule has 0 aliphatic heterocycles. The minimum absolute atomic E-state index is 0.0298. The zero-order valence-corrected chi connectivity index (χ0v) is 23.1. The normalized spacial score (nSPS) is 17.5. The van der Waals surface area contributed by atoms with Gasteiger partial charge in [-0.3, -0.25) is 0 Å². The van der Waals surface area contributed by atoms with E-state index in [0.29, 0.717) is 22.2 Å². The molecule has 0 fully saturated rings. The Morgan fingerprint density at radius 1 is 1.14 bits per heavy atom. The Bertz CT molecular complexity index is 1630. The van der Waals surface area contributed by atoms with Crippen molar-refractivity contribution in [3.05, 3.63) is 76.0 Å². The molecule has 0 spiro atoms. The van der Waals surface area contributed by atoms with Crippen molar-refractivity contribution >= 4 is 42.8 Å². The SMILES string of the molecule is Cc1nnc(C(F)(C2Cc3c(n(C(=O)OC(C)(C)C)c4ccc(Br)cc34)C2)S(=O)(=O)c2ccccc2)o1. The van der Waals surface area contributed by atoms with Crippen molar-refractivity contribution in [1.29, 1.82) is 0 Å². The lowest BCUT2D eigenvalue weighted by atomic mass is 9.98. The van der Waals surface area contributed by atoms with Crippen molar-refractivity contribution in [1.82, 2.24) is 14.8 Å². The third-order valence-electron chi connectivity index (χ3n) is 6.40. The van der Waals surface area contributed by atoms with Crippen molar-refractivity contribution in [3.63, 3.8) is 0 Å². The molecular weight excluding hydrogens is 565 g/mol.